The molecule has 2 bridgehead atoms. The van der Waals surface area contributed by atoms with Crippen LogP contribution in [0.4, 0.5) is 0 Å². The minimum absolute atomic E-state index is 0.130. The molecule has 7 atom stereocenters. The average molecular weight is 362 g/mol. The lowest BCUT2D eigenvalue weighted by molar-refractivity contribution is -0.275. The quantitative estimate of drug-likeness (QED) is 0.492. The van der Waals surface area contributed by atoms with Gasteiger partial charge in [0.25, 0.3) is 0 Å². The fourth-order valence-electron chi connectivity index (χ4n) is 6.88. The Bertz CT molecular complexity index is 711. The Morgan fingerprint density at radius 1 is 1.27 bits per heavy atom. The summed E-state index contributed by atoms with van der Waals surface area (Å²) in [6.45, 7) is 9.50. The summed E-state index contributed by atoms with van der Waals surface area (Å²) < 4.78 is 5.66. The minimum atomic E-state index is -1.34. The average Bonchev–Trinajstić information content (AvgIpc) is 2.81. The van der Waals surface area contributed by atoms with Crippen LogP contribution in [0.3, 0.4) is 0 Å². The van der Waals surface area contributed by atoms with Crippen LogP contribution in [-0.2, 0) is 9.53 Å². The van der Waals surface area contributed by atoms with Crippen molar-refractivity contribution in [1.29, 1.82) is 0 Å². The summed E-state index contributed by atoms with van der Waals surface area (Å²) in [5.74, 6) is -0.301. The second-order valence-electron chi connectivity index (χ2n) is 9.14. The highest BCUT2D eigenvalue weighted by Crippen LogP contribution is 2.72. The third kappa shape index (κ3) is 1.84. The molecule has 4 aliphatic rings. The molecule has 26 heavy (non-hydrogen) atoms. The molecule has 4 aliphatic carbocycles. The number of fused-ring (bicyclic) bond motifs is 3. The van der Waals surface area contributed by atoms with E-state index in [0.29, 0.717) is 25.7 Å². The summed E-state index contributed by atoms with van der Waals surface area (Å²) >= 11 is 0. The molecule has 0 amide bonds. The number of ether oxygens (including phenoxy) is 1. The van der Waals surface area contributed by atoms with Gasteiger partial charge in [0.05, 0.1) is 23.2 Å². The molecule has 0 aliphatic heterocycles. The first kappa shape index (κ1) is 18.2. The van der Waals surface area contributed by atoms with Crippen molar-refractivity contribution in [3.05, 3.63) is 23.3 Å². The van der Waals surface area contributed by atoms with E-state index in [1.54, 1.807) is 0 Å². The van der Waals surface area contributed by atoms with Crippen molar-refractivity contribution in [3.8, 4) is 0 Å². The molecular formula is C21H30O5. The van der Waals surface area contributed by atoms with Gasteiger partial charge < -0.3 is 20.1 Å². The summed E-state index contributed by atoms with van der Waals surface area (Å²) in [5, 5.41) is 34.5. The van der Waals surface area contributed by atoms with Gasteiger partial charge in [0.2, 0.25) is 0 Å². The van der Waals surface area contributed by atoms with E-state index in [0.717, 1.165) is 29.6 Å². The molecule has 0 radical (unpaired) electrons. The monoisotopic (exact) mass is 362 g/mol. The van der Waals surface area contributed by atoms with Gasteiger partial charge in [-0.25, -0.2) is 0 Å². The number of allylic oxidation sites excluding steroid dienone is 1. The summed E-state index contributed by atoms with van der Waals surface area (Å²) in [5.41, 5.74) is -0.256. The van der Waals surface area contributed by atoms with Crippen LogP contribution in [0.15, 0.2) is 23.3 Å². The van der Waals surface area contributed by atoms with E-state index in [1.165, 1.54) is 6.92 Å². The Kier molecular flexibility index (Phi) is 3.80. The highest BCUT2D eigenvalue weighted by Gasteiger charge is 2.77. The van der Waals surface area contributed by atoms with Crippen molar-refractivity contribution < 1.29 is 24.9 Å². The number of esters is 1. The van der Waals surface area contributed by atoms with Crippen LogP contribution in [0, 0.1) is 16.7 Å². The van der Waals surface area contributed by atoms with Crippen LogP contribution in [0.25, 0.3) is 0 Å². The molecule has 0 saturated heterocycles. The summed E-state index contributed by atoms with van der Waals surface area (Å²) in [7, 11) is 0. The lowest BCUT2D eigenvalue weighted by atomic mass is 9.42. The molecule has 0 unspecified atom stereocenters. The van der Waals surface area contributed by atoms with Gasteiger partial charge in [-0.15, -0.1) is 0 Å². The van der Waals surface area contributed by atoms with Gasteiger partial charge in [-0.2, -0.15) is 0 Å². The molecule has 0 heterocycles. The van der Waals surface area contributed by atoms with Crippen LogP contribution < -0.4 is 0 Å². The van der Waals surface area contributed by atoms with Crippen molar-refractivity contribution >= 4 is 5.97 Å². The van der Waals surface area contributed by atoms with Crippen LogP contribution in [0.2, 0.25) is 0 Å². The molecule has 0 aromatic rings. The fourth-order valence-corrected chi connectivity index (χ4v) is 6.88. The second-order valence-corrected chi connectivity index (χ2v) is 9.14. The van der Waals surface area contributed by atoms with Gasteiger partial charge in [-0.3, -0.25) is 4.79 Å². The van der Waals surface area contributed by atoms with Gasteiger partial charge in [-0.1, -0.05) is 24.6 Å². The molecule has 3 saturated carbocycles. The fraction of sp³-hybridized carbons (Fsp3) is 0.762. The molecule has 5 heteroatoms. The zero-order chi connectivity index (χ0) is 19.1. The third-order valence-corrected chi connectivity index (χ3v) is 8.27. The Morgan fingerprint density at radius 3 is 2.62 bits per heavy atom. The molecule has 1 spiro atoms. The number of hydrogen-bond donors (Lipinski definition) is 3. The highest BCUT2D eigenvalue weighted by molar-refractivity contribution is 5.67. The standard InChI is InChI=1S/C21H30O5/c1-11-5-6-16(23)19(4)15(11)9-17(24)20-10-14(7-8-21(19,20)25)12(2)18(20)26-13(3)22/h14,16-18,23-25H,2,5-10H2,1,3-4H3/t14-,16-,17+,18-,19+,20-,21-/m1/s1. The number of carbonyl (C=O) groups excluding carboxylic acids is 1. The predicted molar refractivity (Wildman–Crippen MR) is 96.1 cm³/mol. The first-order chi connectivity index (χ1) is 12.1. The minimum Gasteiger partial charge on any atom is -0.457 e. The van der Waals surface area contributed by atoms with Gasteiger partial charge in [-0.05, 0) is 56.9 Å². The van der Waals surface area contributed by atoms with Crippen LogP contribution in [-0.4, -0.2) is 45.2 Å². The zero-order valence-corrected chi connectivity index (χ0v) is 15.9. The number of hydrogen-bond acceptors (Lipinski definition) is 5. The van der Waals surface area contributed by atoms with E-state index in [1.807, 2.05) is 13.8 Å². The number of carbonyl (C=O) groups is 1. The third-order valence-electron chi connectivity index (χ3n) is 8.27. The van der Waals surface area contributed by atoms with Crippen LogP contribution >= 0.6 is 0 Å². The molecule has 0 aromatic carbocycles. The first-order valence-electron chi connectivity index (χ1n) is 9.73. The lowest BCUT2D eigenvalue weighted by Crippen LogP contribution is -2.73. The Morgan fingerprint density at radius 2 is 1.96 bits per heavy atom. The highest BCUT2D eigenvalue weighted by atomic mass is 16.5. The molecule has 5 nitrogen and oxygen atoms in total. The maximum atomic E-state index is 12.2. The maximum Gasteiger partial charge on any atom is 0.303 e. The van der Waals surface area contributed by atoms with Crippen molar-refractivity contribution in [1.82, 2.24) is 0 Å². The van der Waals surface area contributed by atoms with Crippen LogP contribution in [0.5, 0.6) is 0 Å². The topological polar surface area (TPSA) is 87.0 Å². The first-order valence-corrected chi connectivity index (χ1v) is 9.73. The van der Waals surface area contributed by atoms with Gasteiger partial charge >= 0.3 is 5.97 Å². The summed E-state index contributed by atoms with van der Waals surface area (Å²) in [6, 6.07) is 0. The van der Waals surface area contributed by atoms with E-state index in [-0.39, 0.29) is 5.92 Å². The molecule has 3 N–H and O–H groups in total. The van der Waals surface area contributed by atoms with E-state index < -0.39 is 40.7 Å². The molecule has 3 fully saturated rings. The Balaban J connectivity index is 1.95. The number of aliphatic hydroxyl groups is 3. The molecule has 144 valence electrons. The second kappa shape index (κ2) is 5.43. The zero-order valence-electron chi connectivity index (χ0n) is 15.9. The Labute approximate surface area is 154 Å². The smallest absolute Gasteiger partial charge is 0.303 e. The number of rotatable bonds is 1. The largest absolute Gasteiger partial charge is 0.457 e. The normalized spacial score (nSPS) is 50.3. The van der Waals surface area contributed by atoms with E-state index in [4.69, 9.17) is 4.74 Å². The SMILES string of the molecule is C=C1[C@@H]2CC[C@]3(O)[C@@](C2)([C@@H]1OC(C)=O)[C@@H](O)CC1=C(C)CC[C@@H](O)[C@]13C. The van der Waals surface area contributed by atoms with Crippen molar-refractivity contribution in [2.45, 2.75) is 83.2 Å². The lowest BCUT2D eigenvalue weighted by Gasteiger charge is -2.66. The van der Waals surface area contributed by atoms with E-state index in [9.17, 15) is 20.1 Å². The predicted octanol–water partition coefficient (Wildman–Crippen LogP) is 2.25. The van der Waals surface area contributed by atoms with Crippen LogP contribution in [0.1, 0.15) is 59.3 Å². The van der Waals surface area contributed by atoms with E-state index in [2.05, 4.69) is 6.58 Å². The molecular weight excluding hydrogens is 332 g/mol. The molecule has 0 aromatic heterocycles. The van der Waals surface area contributed by atoms with Crippen molar-refractivity contribution in [3.63, 3.8) is 0 Å². The summed E-state index contributed by atoms with van der Waals surface area (Å²) in [6.07, 6.45) is 1.32. The van der Waals surface area contributed by atoms with Crippen molar-refractivity contribution in [2.24, 2.45) is 16.7 Å². The summed E-state index contributed by atoms with van der Waals surface area (Å²) in [4.78, 5) is 11.8. The van der Waals surface area contributed by atoms with Gasteiger partial charge in [0.1, 0.15) is 6.10 Å². The number of aliphatic hydroxyl groups excluding tert-OH is 2. The maximum absolute atomic E-state index is 12.2. The Hall–Kier alpha value is -1.17. The van der Waals surface area contributed by atoms with Gasteiger partial charge in [0.15, 0.2) is 0 Å². The van der Waals surface area contributed by atoms with Gasteiger partial charge in [0, 0.05) is 12.3 Å². The molecule has 4 rings (SSSR count). The van der Waals surface area contributed by atoms with E-state index >= 15 is 0 Å². The van der Waals surface area contributed by atoms with Crippen molar-refractivity contribution in [2.75, 3.05) is 0 Å².